The summed E-state index contributed by atoms with van der Waals surface area (Å²) in [7, 11) is 3.26. The van der Waals surface area contributed by atoms with E-state index in [4.69, 9.17) is 14.2 Å². The molecule has 4 aromatic rings. The Morgan fingerprint density at radius 3 is 2.38 bits per heavy atom. The molecule has 162 valence electrons. The fourth-order valence-electron chi connectivity index (χ4n) is 3.41. The number of H-pyrrole nitrogens is 1. The number of benzene rings is 3. The molecule has 0 aliphatic heterocycles. The van der Waals surface area contributed by atoms with Crippen LogP contribution in [0.1, 0.15) is 16.7 Å². The highest BCUT2D eigenvalue weighted by Gasteiger charge is 2.15. The van der Waals surface area contributed by atoms with Gasteiger partial charge in [0.05, 0.1) is 32.6 Å². The number of aromatic nitrogens is 3. The molecule has 0 bridgehead atoms. The second kappa shape index (κ2) is 10.3. The zero-order chi connectivity index (χ0) is 22.2. The van der Waals surface area contributed by atoms with E-state index >= 15 is 0 Å². The van der Waals surface area contributed by atoms with E-state index in [9.17, 15) is 0 Å². The average Bonchev–Trinajstić information content (AvgIpc) is 3.38. The number of aromatic amines is 1. The molecule has 0 aliphatic rings. The molecule has 6 heteroatoms. The van der Waals surface area contributed by atoms with Crippen molar-refractivity contribution in [2.75, 3.05) is 20.8 Å². The molecule has 3 aromatic carbocycles. The minimum atomic E-state index is 0.643. The molecule has 4 rings (SSSR count). The summed E-state index contributed by atoms with van der Waals surface area (Å²) in [5.74, 6) is 2.22. The summed E-state index contributed by atoms with van der Waals surface area (Å²) in [4.78, 5) is 0. The van der Waals surface area contributed by atoms with Crippen LogP contribution in [0.5, 0.6) is 17.2 Å². The summed E-state index contributed by atoms with van der Waals surface area (Å²) in [6.07, 6.45) is 6.60. The number of rotatable bonds is 9. The maximum atomic E-state index is 5.88. The zero-order valence-electron chi connectivity index (χ0n) is 18.1. The van der Waals surface area contributed by atoms with Crippen LogP contribution in [0.25, 0.3) is 23.4 Å². The smallest absolute Gasteiger partial charge is 0.132 e. The number of nitrogens with zero attached hydrogens (tertiary/aromatic N) is 2. The third-order valence-electron chi connectivity index (χ3n) is 5.07. The van der Waals surface area contributed by atoms with Crippen molar-refractivity contribution in [3.05, 3.63) is 89.6 Å². The molecule has 0 spiro atoms. The molecule has 0 saturated heterocycles. The lowest BCUT2D eigenvalue weighted by Gasteiger charge is -2.12. The van der Waals surface area contributed by atoms with E-state index in [1.54, 1.807) is 20.4 Å². The summed E-state index contributed by atoms with van der Waals surface area (Å²) in [6, 6.07) is 22.1. The molecule has 6 nitrogen and oxygen atoms in total. The van der Waals surface area contributed by atoms with Crippen molar-refractivity contribution in [1.29, 1.82) is 0 Å². The molecule has 0 saturated carbocycles. The van der Waals surface area contributed by atoms with Gasteiger partial charge in [-0.05, 0) is 34.9 Å². The molecule has 0 radical (unpaired) electrons. The third-order valence-corrected chi connectivity index (χ3v) is 5.07. The highest BCUT2D eigenvalue weighted by Crippen LogP contribution is 2.37. The summed E-state index contributed by atoms with van der Waals surface area (Å²) < 4.78 is 16.9. The van der Waals surface area contributed by atoms with Crippen LogP contribution in [0.4, 0.5) is 0 Å². The first-order chi connectivity index (χ1) is 15.8. The second-order valence-corrected chi connectivity index (χ2v) is 7.14. The Bertz CT molecular complexity index is 1160. The first kappa shape index (κ1) is 21.2. The van der Waals surface area contributed by atoms with E-state index in [1.807, 2.05) is 66.7 Å². The minimum absolute atomic E-state index is 0.643. The van der Waals surface area contributed by atoms with Crippen molar-refractivity contribution in [3.63, 3.8) is 0 Å². The summed E-state index contributed by atoms with van der Waals surface area (Å²) in [5.41, 5.74) is 4.78. The standard InChI is InChI=1S/C26H25N3O3/c1-30-23-16-21(26(25(17-23)31-2)24-18-27-29-28-24)11-8-20-9-12-22(13-10-20)32-15-14-19-6-4-3-5-7-19/h3-13,16-18H,14-15H2,1-2H3,(H,27,28,29)/b11-8+. The third kappa shape index (κ3) is 5.16. The maximum Gasteiger partial charge on any atom is 0.132 e. The number of ether oxygens (including phenoxy) is 3. The van der Waals surface area contributed by atoms with Gasteiger partial charge in [0, 0.05) is 12.5 Å². The second-order valence-electron chi connectivity index (χ2n) is 7.14. The Hall–Kier alpha value is -4.06. The highest BCUT2D eigenvalue weighted by molar-refractivity contribution is 5.84. The van der Waals surface area contributed by atoms with Gasteiger partial charge in [0.15, 0.2) is 0 Å². The lowest BCUT2D eigenvalue weighted by Crippen LogP contribution is -2.00. The predicted molar refractivity (Wildman–Crippen MR) is 126 cm³/mol. The van der Waals surface area contributed by atoms with Crippen molar-refractivity contribution in [2.45, 2.75) is 6.42 Å². The van der Waals surface area contributed by atoms with Crippen LogP contribution in [-0.2, 0) is 6.42 Å². The minimum Gasteiger partial charge on any atom is -0.497 e. The Morgan fingerprint density at radius 2 is 1.69 bits per heavy atom. The molecule has 0 unspecified atom stereocenters. The summed E-state index contributed by atoms with van der Waals surface area (Å²) in [5, 5.41) is 10.8. The summed E-state index contributed by atoms with van der Waals surface area (Å²) in [6.45, 7) is 0.643. The number of hydrogen-bond donors (Lipinski definition) is 1. The van der Waals surface area contributed by atoms with Crippen LogP contribution in [0.3, 0.4) is 0 Å². The molecular formula is C26H25N3O3. The van der Waals surface area contributed by atoms with Gasteiger partial charge in [0.25, 0.3) is 0 Å². The largest absolute Gasteiger partial charge is 0.497 e. The Morgan fingerprint density at radius 1 is 0.875 bits per heavy atom. The fourth-order valence-corrected chi connectivity index (χ4v) is 3.41. The SMILES string of the molecule is COc1cc(/C=C/c2ccc(OCCc3ccccc3)cc2)c(-c2cn[nH]n2)c(OC)c1. The van der Waals surface area contributed by atoms with Gasteiger partial charge in [-0.25, -0.2) is 0 Å². The zero-order valence-corrected chi connectivity index (χ0v) is 18.1. The topological polar surface area (TPSA) is 69.3 Å². The summed E-state index contributed by atoms with van der Waals surface area (Å²) >= 11 is 0. The average molecular weight is 428 g/mol. The Kier molecular flexibility index (Phi) is 6.82. The molecule has 32 heavy (non-hydrogen) atoms. The van der Waals surface area contributed by atoms with Crippen molar-refractivity contribution in [3.8, 4) is 28.5 Å². The lowest BCUT2D eigenvalue weighted by molar-refractivity contribution is 0.322. The first-order valence-corrected chi connectivity index (χ1v) is 10.3. The Balaban J connectivity index is 1.49. The molecule has 0 atom stereocenters. The maximum absolute atomic E-state index is 5.88. The predicted octanol–water partition coefficient (Wildman–Crippen LogP) is 5.28. The van der Waals surface area contributed by atoms with Crippen molar-refractivity contribution < 1.29 is 14.2 Å². The quantitative estimate of drug-likeness (QED) is 0.368. The molecule has 0 fully saturated rings. The molecule has 1 aromatic heterocycles. The van der Waals surface area contributed by atoms with Gasteiger partial charge in [-0.2, -0.15) is 15.4 Å². The van der Waals surface area contributed by atoms with Crippen LogP contribution in [0.15, 0.2) is 72.9 Å². The number of nitrogens with one attached hydrogen (secondary N) is 1. The first-order valence-electron chi connectivity index (χ1n) is 10.3. The van der Waals surface area contributed by atoms with E-state index in [0.717, 1.165) is 28.9 Å². The van der Waals surface area contributed by atoms with Crippen LogP contribution < -0.4 is 14.2 Å². The van der Waals surface area contributed by atoms with E-state index in [1.165, 1.54) is 5.56 Å². The lowest BCUT2D eigenvalue weighted by atomic mass is 10.0. The Labute approximate surface area is 187 Å². The van der Waals surface area contributed by atoms with Gasteiger partial charge in [-0.15, -0.1) is 0 Å². The normalized spacial score (nSPS) is 10.9. The molecule has 0 amide bonds. The molecule has 0 aliphatic carbocycles. The number of methoxy groups -OCH3 is 2. The van der Waals surface area contributed by atoms with Crippen LogP contribution in [0, 0.1) is 0 Å². The van der Waals surface area contributed by atoms with E-state index in [0.29, 0.717) is 23.8 Å². The van der Waals surface area contributed by atoms with Gasteiger partial charge >= 0.3 is 0 Å². The van der Waals surface area contributed by atoms with E-state index in [2.05, 4.69) is 27.5 Å². The molecule has 1 N–H and O–H groups in total. The monoisotopic (exact) mass is 427 g/mol. The van der Waals surface area contributed by atoms with Crippen molar-refractivity contribution in [2.24, 2.45) is 0 Å². The van der Waals surface area contributed by atoms with Gasteiger partial charge in [-0.1, -0.05) is 54.6 Å². The van der Waals surface area contributed by atoms with Crippen LogP contribution >= 0.6 is 0 Å². The fraction of sp³-hybridized carbons (Fsp3) is 0.154. The van der Waals surface area contributed by atoms with Crippen molar-refractivity contribution >= 4 is 12.2 Å². The van der Waals surface area contributed by atoms with Crippen molar-refractivity contribution in [1.82, 2.24) is 15.4 Å². The van der Waals surface area contributed by atoms with E-state index < -0.39 is 0 Å². The van der Waals surface area contributed by atoms with Gasteiger partial charge in [0.1, 0.15) is 22.9 Å². The van der Waals surface area contributed by atoms with Gasteiger partial charge in [0.2, 0.25) is 0 Å². The van der Waals surface area contributed by atoms with Crippen LogP contribution in [-0.4, -0.2) is 36.2 Å². The molecular weight excluding hydrogens is 402 g/mol. The van der Waals surface area contributed by atoms with Gasteiger partial charge < -0.3 is 14.2 Å². The molecule has 1 heterocycles. The van der Waals surface area contributed by atoms with Gasteiger partial charge in [-0.3, -0.25) is 0 Å². The van der Waals surface area contributed by atoms with E-state index in [-0.39, 0.29) is 0 Å². The number of hydrogen-bond acceptors (Lipinski definition) is 5. The highest BCUT2D eigenvalue weighted by atomic mass is 16.5. The van der Waals surface area contributed by atoms with Crippen LogP contribution in [0.2, 0.25) is 0 Å².